The van der Waals surface area contributed by atoms with E-state index >= 15 is 0 Å². The molecule has 0 spiro atoms. The SMILES string of the molecule is CN(CC(=O)N1CCOCC1)C(=O)COC(=O)c1sc2ccccc2c1Cl. The van der Waals surface area contributed by atoms with Crippen LogP contribution in [0.25, 0.3) is 10.1 Å². The van der Waals surface area contributed by atoms with Gasteiger partial charge in [0.1, 0.15) is 4.88 Å². The van der Waals surface area contributed by atoms with E-state index in [-0.39, 0.29) is 17.3 Å². The number of carbonyl (C=O) groups excluding carboxylic acids is 3. The minimum absolute atomic E-state index is 0.0694. The summed E-state index contributed by atoms with van der Waals surface area (Å²) in [5.74, 6) is -1.27. The van der Waals surface area contributed by atoms with Gasteiger partial charge in [0.2, 0.25) is 5.91 Å². The number of fused-ring (bicyclic) bond motifs is 1. The summed E-state index contributed by atoms with van der Waals surface area (Å²) in [4.78, 5) is 39.8. The molecule has 3 rings (SSSR count). The zero-order valence-corrected chi connectivity index (χ0v) is 16.3. The van der Waals surface area contributed by atoms with Gasteiger partial charge < -0.3 is 19.3 Å². The van der Waals surface area contributed by atoms with Crippen LogP contribution < -0.4 is 0 Å². The average Bonchev–Trinajstić information content (AvgIpc) is 3.03. The maximum Gasteiger partial charge on any atom is 0.350 e. The molecule has 0 aliphatic carbocycles. The molecule has 1 fully saturated rings. The Morgan fingerprint density at radius 1 is 1.26 bits per heavy atom. The molecule has 144 valence electrons. The Balaban J connectivity index is 1.53. The number of halogens is 1. The molecule has 0 N–H and O–H groups in total. The zero-order chi connectivity index (χ0) is 19.4. The monoisotopic (exact) mass is 410 g/mol. The summed E-state index contributed by atoms with van der Waals surface area (Å²) in [5.41, 5.74) is 0. The van der Waals surface area contributed by atoms with Crippen molar-refractivity contribution in [1.82, 2.24) is 9.80 Å². The van der Waals surface area contributed by atoms with Crippen molar-refractivity contribution in [3.63, 3.8) is 0 Å². The fraction of sp³-hybridized carbons (Fsp3) is 0.389. The number of rotatable bonds is 5. The molecule has 0 unspecified atom stereocenters. The Labute approximate surface area is 165 Å². The molecule has 27 heavy (non-hydrogen) atoms. The zero-order valence-electron chi connectivity index (χ0n) is 14.8. The Morgan fingerprint density at radius 2 is 1.96 bits per heavy atom. The van der Waals surface area contributed by atoms with E-state index in [2.05, 4.69) is 0 Å². The smallest absolute Gasteiger partial charge is 0.350 e. The van der Waals surface area contributed by atoms with E-state index in [1.807, 2.05) is 24.3 Å². The van der Waals surface area contributed by atoms with Crippen LogP contribution in [0.5, 0.6) is 0 Å². The van der Waals surface area contributed by atoms with Crippen LogP contribution in [0, 0.1) is 0 Å². The highest BCUT2D eigenvalue weighted by Gasteiger charge is 2.23. The van der Waals surface area contributed by atoms with Gasteiger partial charge in [-0.05, 0) is 6.07 Å². The molecule has 1 aliphatic heterocycles. The summed E-state index contributed by atoms with van der Waals surface area (Å²) in [5, 5.41) is 1.10. The third kappa shape index (κ3) is 4.58. The van der Waals surface area contributed by atoms with Crippen molar-refractivity contribution in [3.8, 4) is 0 Å². The summed E-state index contributed by atoms with van der Waals surface area (Å²) in [7, 11) is 1.50. The molecule has 7 nitrogen and oxygen atoms in total. The molecule has 0 radical (unpaired) electrons. The van der Waals surface area contributed by atoms with Crippen molar-refractivity contribution < 1.29 is 23.9 Å². The molecular weight excluding hydrogens is 392 g/mol. The first-order chi connectivity index (χ1) is 13.0. The van der Waals surface area contributed by atoms with Crippen molar-refractivity contribution in [2.45, 2.75) is 0 Å². The molecule has 0 atom stereocenters. The maximum atomic E-state index is 12.3. The van der Waals surface area contributed by atoms with Crippen LogP contribution in [0.4, 0.5) is 0 Å². The summed E-state index contributed by atoms with van der Waals surface area (Å²) < 4.78 is 11.2. The largest absolute Gasteiger partial charge is 0.451 e. The van der Waals surface area contributed by atoms with Gasteiger partial charge in [-0.25, -0.2) is 4.79 Å². The maximum absolute atomic E-state index is 12.3. The molecule has 0 bridgehead atoms. The molecule has 0 saturated carbocycles. The number of benzene rings is 1. The molecule has 9 heteroatoms. The minimum Gasteiger partial charge on any atom is -0.451 e. The van der Waals surface area contributed by atoms with Crippen LogP contribution in [-0.4, -0.2) is 74.1 Å². The van der Waals surface area contributed by atoms with E-state index in [1.165, 1.54) is 23.3 Å². The molecule has 2 heterocycles. The molecule has 1 saturated heterocycles. The summed E-state index contributed by atoms with van der Waals surface area (Å²) >= 11 is 7.46. The standard InChI is InChI=1S/C18H19ClN2O5S/c1-20(10-14(22)21-6-8-25-9-7-21)15(23)11-26-18(24)17-16(19)12-4-2-3-5-13(12)27-17/h2-5H,6-11H2,1H3. The van der Waals surface area contributed by atoms with E-state index in [4.69, 9.17) is 21.1 Å². The van der Waals surface area contributed by atoms with Gasteiger partial charge in [0.25, 0.3) is 5.91 Å². The topological polar surface area (TPSA) is 76.2 Å². The van der Waals surface area contributed by atoms with E-state index < -0.39 is 18.5 Å². The van der Waals surface area contributed by atoms with E-state index in [0.29, 0.717) is 31.3 Å². The van der Waals surface area contributed by atoms with Crippen LogP contribution in [0.3, 0.4) is 0 Å². The third-order valence-corrected chi connectivity index (χ3v) is 5.86. The summed E-state index contributed by atoms with van der Waals surface area (Å²) in [6.07, 6.45) is 0. The number of thiophene rings is 1. The second kappa shape index (κ2) is 8.69. The fourth-order valence-corrected chi connectivity index (χ4v) is 4.05. The van der Waals surface area contributed by atoms with Gasteiger partial charge in [-0.1, -0.05) is 29.8 Å². The van der Waals surface area contributed by atoms with Gasteiger partial charge in [0, 0.05) is 30.2 Å². The lowest BCUT2D eigenvalue weighted by Gasteiger charge is -2.28. The van der Waals surface area contributed by atoms with Gasteiger partial charge in [0.05, 0.1) is 24.8 Å². The van der Waals surface area contributed by atoms with Crippen LogP contribution in [0.1, 0.15) is 9.67 Å². The highest BCUT2D eigenvalue weighted by Crippen LogP contribution is 2.35. The van der Waals surface area contributed by atoms with Crippen molar-refractivity contribution in [3.05, 3.63) is 34.2 Å². The summed E-state index contributed by atoms with van der Waals surface area (Å²) in [6.45, 7) is 1.50. The predicted molar refractivity (Wildman–Crippen MR) is 102 cm³/mol. The lowest BCUT2D eigenvalue weighted by molar-refractivity contribution is -0.143. The number of amides is 2. The molecule has 2 amide bonds. The number of hydrogen-bond acceptors (Lipinski definition) is 6. The highest BCUT2D eigenvalue weighted by molar-refractivity contribution is 7.21. The minimum atomic E-state index is -0.651. The molecule has 1 aliphatic rings. The predicted octanol–water partition coefficient (Wildman–Crippen LogP) is 2.03. The van der Waals surface area contributed by atoms with Crippen molar-refractivity contribution in [1.29, 1.82) is 0 Å². The van der Waals surface area contributed by atoms with E-state index in [1.54, 1.807) is 4.90 Å². The number of hydrogen-bond donors (Lipinski definition) is 0. The normalized spacial score (nSPS) is 14.2. The first kappa shape index (κ1) is 19.6. The first-order valence-electron chi connectivity index (χ1n) is 8.41. The molecule has 1 aromatic carbocycles. The number of likely N-dealkylation sites (N-methyl/N-ethyl adjacent to an activating group) is 1. The Bertz CT molecular complexity index is 863. The Morgan fingerprint density at radius 3 is 2.67 bits per heavy atom. The van der Waals surface area contributed by atoms with Crippen LogP contribution >= 0.6 is 22.9 Å². The van der Waals surface area contributed by atoms with Gasteiger partial charge in [0.15, 0.2) is 6.61 Å². The van der Waals surface area contributed by atoms with E-state index in [9.17, 15) is 14.4 Å². The van der Waals surface area contributed by atoms with Crippen LogP contribution in [0.2, 0.25) is 5.02 Å². The van der Waals surface area contributed by atoms with E-state index in [0.717, 1.165) is 10.1 Å². The molecular formula is C18H19ClN2O5S. The van der Waals surface area contributed by atoms with Crippen LogP contribution in [-0.2, 0) is 19.1 Å². The third-order valence-electron chi connectivity index (χ3n) is 4.21. The number of morpholine rings is 1. The van der Waals surface area contributed by atoms with Gasteiger partial charge in [-0.15, -0.1) is 11.3 Å². The Kier molecular flexibility index (Phi) is 6.30. The van der Waals surface area contributed by atoms with Crippen LogP contribution in [0.15, 0.2) is 24.3 Å². The molecule has 2 aromatic rings. The molecule has 1 aromatic heterocycles. The number of ether oxygens (including phenoxy) is 2. The first-order valence-corrected chi connectivity index (χ1v) is 9.60. The van der Waals surface area contributed by atoms with Crippen molar-refractivity contribution >= 4 is 50.8 Å². The lowest BCUT2D eigenvalue weighted by atomic mass is 10.2. The number of esters is 1. The highest BCUT2D eigenvalue weighted by atomic mass is 35.5. The van der Waals surface area contributed by atoms with Crippen molar-refractivity contribution in [2.75, 3.05) is 46.5 Å². The quantitative estimate of drug-likeness (QED) is 0.705. The lowest BCUT2D eigenvalue weighted by Crippen LogP contribution is -2.46. The van der Waals surface area contributed by atoms with Gasteiger partial charge >= 0.3 is 5.97 Å². The Hall–Kier alpha value is -2.16. The van der Waals surface area contributed by atoms with Crippen molar-refractivity contribution in [2.24, 2.45) is 0 Å². The fourth-order valence-electron chi connectivity index (χ4n) is 2.65. The second-order valence-corrected chi connectivity index (χ2v) is 7.49. The van der Waals surface area contributed by atoms with Gasteiger partial charge in [-0.2, -0.15) is 0 Å². The number of carbonyl (C=O) groups is 3. The summed E-state index contributed by atoms with van der Waals surface area (Å²) in [6, 6.07) is 7.37. The average molecular weight is 411 g/mol. The second-order valence-electron chi connectivity index (χ2n) is 6.06. The van der Waals surface area contributed by atoms with Gasteiger partial charge in [-0.3, -0.25) is 9.59 Å². The number of nitrogens with zero attached hydrogens (tertiary/aromatic N) is 2.